The topological polar surface area (TPSA) is 74.7 Å². The van der Waals surface area contributed by atoms with E-state index < -0.39 is 21.5 Å². The first-order valence-corrected chi connectivity index (χ1v) is 8.23. The maximum absolute atomic E-state index is 12.2. The van der Waals surface area contributed by atoms with Crippen molar-refractivity contribution in [3.63, 3.8) is 0 Å². The predicted octanol–water partition coefficient (Wildman–Crippen LogP) is 1.45. The van der Waals surface area contributed by atoms with Gasteiger partial charge in [0.2, 0.25) is 10.0 Å². The van der Waals surface area contributed by atoms with Crippen LogP contribution in [0.2, 0.25) is 0 Å². The average molecular weight is 275 g/mol. The Morgan fingerprint density at radius 1 is 1.22 bits per heavy atom. The minimum Gasteiger partial charge on any atom is -0.480 e. The normalized spacial score (nSPS) is 31.9. The Hall–Kier alpha value is -0.620. The van der Waals surface area contributed by atoms with Gasteiger partial charge in [0.1, 0.15) is 5.54 Å². The fraction of sp³-hybridized carbons (Fsp3) is 0.917. The summed E-state index contributed by atoms with van der Waals surface area (Å²) in [5, 5.41) is 9.59. The van der Waals surface area contributed by atoms with Crippen LogP contribution in [0.4, 0.5) is 0 Å². The number of carboxylic acid groups (broad SMARTS) is 1. The molecule has 6 heteroatoms. The highest BCUT2D eigenvalue weighted by Gasteiger charge is 2.52. The van der Waals surface area contributed by atoms with E-state index in [2.05, 4.69) is 0 Å². The Morgan fingerprint density at radius 3 is 2.17 bits per heavy atom. The van der Waals surface area contributed by atoms with E-state index in [4.69, 9.17) is 0 Å². The van der Waals surface area contributed by atoms with Gasteiger partial charge in [-0.15, -0.1) is 0 Å². The van der Waals surface area contributed by atoms with Crippen molar-refractivity contribution in [2.45, 2.75) is 51.0 Å². The number of carboxylic acids is 1. The van der Waals surface area contributed by atoms with Gasteiger partial charge in [-0.05, 0) is 18.8 Å². The molecule has 5 nitrogen and oxygen atoms in total. The van der Waals surface area contributed by atoms with Gasteiger partial charge < -0.3 is 5.11 Å². The summed E-state index contributed by atoms with van der Waals surface area (Å²) >= 11 is 0. The molecule has 1 saturated carbocycles. The van der Waals surface area contributed by atoms with E-state index in [-0.39, 0.29) is 11.7 Å². The van der Waals surface area contributed by atoms with E-state index in [1.54, 1.807) is 0 Å². The molecular formula is C12H21NO4S. The Balaban J connectivity index is 2.38. The molecule has 2 fully saturated rings. The first kappa shape index (κ1) is 13.8. The van der Waals surface area contributed by atoms with Gasteiger partial charge >= 0.3 is 5.97 Å². The van der Waals surface area contributed by atoms with Crippen molar-refractivity contribution in [2.75, 3.05) is 12.3 Å². The van der Waals surface area contributed by atoms with Gasteiger partial charge in [0.25, 0.3) is 0 Å². The van der Waals surface area contributed by atoms with Crippen LogP contribution in [-0.2, 0) is 14.8 Å². The second-order valence-electron chi connectivity index (χ2n) is 5.67. The molecule has 0 amide bonds. The summed E-state index contributed by atoms with van der Waals surface area (Å²) in [6.07, 6.45) is 4.50. The summed E-state index contributed by atoms with van der Waals surface area (Å²) in [6.45, 7) is 2.22. The van der Waals surface area contributed by atoms with Gasteiger partial charge in [-0.3, -0.25) is 4.79 Å². The van der Waals surface area contributed by atoms with Crippen LogP contribution >= 0.6 is 0 Å². The Labute approximate surface area is 108 Å². The first-order chi connectivity index (χ1) is 8.38. The first-order valence-electron chi connectivity index (χ1n) is 6.62. The number of sulfonamides is 1. The van der Waals surface area contributed by atoms with Crippen molar-refractivity contribution in [2.24, 2.45) is 5.92 Å². The number of nitrogens with zero attached hydrogens (tertiary/aromatic N) is 1. The minimum atomic E-state index is -3.40. The van der Waals surface area contributed by atoms with Crippen LogP contribution in [0.15, 0.2) is 0 Å². The van der Waals surface area contributed by atoms with Crippen LogP contribution in [0, 0.1) is 5.92 Å². The molecule has 0 spiro atoms. The third-order valence-corrected chi connectivity index (χ3v) is 6.28. The Bertz CT molecular complexity index is 423. The van der Waals surface area contributed by atoms with Crippen LogP contribution in [-0.4, -0.2) is 41.6 Å². The second kappa shape index (κ2) is 4.81. The van der Waals surface area contributed by atoms with Crippen molar-refractivity contribution in [1.82, 2.24) is 4.31 Å². The lowest BCUT2D eigenvalue weighted by molar-refractivity contribution is -0.149. The van der Waals surface area contributed by atoms with E-state index in [0.717, 1.165) is 25.7 Å². The third-order valence-electron chi connectivity index (χ3n) is 4.11. The fourth-order valence-corrected chi connectivity index (χ4v) is 5.50. The van der Waals surface area contributed by atoms with Crippen LogP contribution in [0.5, 0.6) is 0 Å². The zero-order chi connectivity index (χ0) is 13.4. The summed E-state index contributed by atoms with van der Waals surface area (Å²) in [4.78, 5) is 11.7. The predicted molar refractivity (Wildman–Crippen MR) is 67.7 cm³/mol. The second-order valence-corrected chi connectivity index (χ2v) is 7.60. The molecule has 2 aliphatic rings. The zero-order valence-corrected chi connectivity index (χ0v) is 11.6. The average Bonchev–Trinajstić information content (AvgIpc) is 2.49. The molecule has 0 aromatic rings. The third kappa shape index (κ3) is 2.28. The molecule has 0 aromatic carbocycles. The molecule has 1 N–H and O–H groups in total. The lowest BCUT2D eigenvalue weighted by atomic mass is 9.89. The Morgan fingerprint density at radius 2 is 1.78 bits per heavy atom. The molecule has 1 saturated heterocycles. The molecule has 1 aliphatic carbocycles. The number of hydrogen-bond donors (Lipinski definition) is 1. The molecule has 1 heterocycles. The number of aliphatic carboxylic acids is 1. The van der Waals surface area contributed by atoms with Crippen molar-refractivity contribution in [3.8, 4) is 0 Å². The molecule has 0 bridgehead atoms. The molecular weight excluding hydrogens is 254 g/mol. The molecule has 2 rings (SSSR count). The SMILES string of the molecule is CC1CN(C2(C(=O)O)CCCCCC2)S(=O)(=O)C1. The van der Waals surface area contributed by atoms with E-state index in [1.807, 2.05) is 6.92 Å². The molecule has 104 valence electrons. The van der Waals surface area contributed by atoms with Gasteiger partial charge in [0.15, 0.2) is 0 Å². The summed E-state index contributed by atoms with van der Waals surface area (Å²) in [6, 6.07) is 0. The highest BCUT2D eigenvalue weighted by atomic mass is 32.2. The zero-order valence-electron chi connectivity index (χ0n) is 10.8. The minimum absolute atomic E-state index is 0.0227. The van der Waals surface area contributed by atoms with Crippen LogP contribution in [0.3, 0.4) is 0 Å². The van der Waals surface area contributed by atoms with Crippen LogP contribution in [0.25, 0.3) is 0 Å². The highest BCUT2D eigenvalue weighted by Crippen LogP contribution is 2.38. The van der Waals surface area contributed by atoms with Crippen molar-refractivity contribution >= 4 is 16.0 Å². The van der Waals surface area contributed by atoms with E-state index >= 15 is 0 Å². The largest absolute Gasteiger partial charge is 0.480 e. The van der Waals surface area contributed by atoms with Crippen LogP contribution < -0.4 is 0 Å². The summed E-state index contributed by atoms with van der Waals surface area (Å²) < 4.78 is 25.6. The lowest BCUT2D eigenvalue weighted by Gasteiger charge is -2.36. The van der Waals surface area contributed by atoms with Gasteiger partial charge in [-0.25, -0.2) is 8.42 Å². The van der Waals surface area contributed by atoms with Crippen LogP contribution in [0.1, 0.15) is 45.4 Å². The number of hydrogen-bond acceptors (Lipinski definition) is 3. The molecule has 1 atom stereocenters. The monoisotopic (exact) mass is 275 g/mol. The Kier molecular flexibility index (Phi) is 3.69. The molecule has 1 unspecified atom stereocenters. The van der Waals surface area contributed by atoms with Gasteiger partial charge in [-0.1, -0.05) is 32.6 Å². The van der Waals surface area contributed by atoms with Gasteiger partial charge in [-0.2, -0.15) is 4.31 Å². The van der Waals surface area contributed by atoms with Crippen molar-refractivity contribution in [1.29, 1.82) is 0 Å². The van der Waals surface area contributed by atoms with Crippen molar-refractivity contribution in [3.05, 3.63) is 0 Å². The highest BCUT2D eigenvalue weighted by molar-refractivity contribution is 7.89. The number of rotatable bonds is 2. The smallest absolute Gasteiger partial charge is 0.325 e. The molecule has 0 radical (unpaired) electrons. The maximum Gasteiger partial charge on any atom is 0.325 e. The quantitative estimate of drug-likeness (QED) is 0.774. The van der Waals surface area contributed by atoms with Crippen molar-refractivity contribution < 1.29 is 18.3 Å². The summed E-state index contributed by atoms with van der Waals surface area (Å²) in [5.74, 6) is -0.862. The number of carbonyl (C=O) groups is 1. The van der Waals surface area contributed by atoms with E-state index in [0.29, 0.717) is 19.4 Å². The summed E-state index contributed by atoms with van der Waals surface area (Å²) in [5.41, 5.74) is -1.18. The van der Waals surface area contributed by atoms with Gasteiger partial charge in [0.05, 0.1) is 5.75 Å². The molecule has 1 aliphatic heterocycles. The van der Waals surface area contributed by atoms with E-state index in [1.165, 1.54) is 4.31 Å². The maximum atomic E-state index is 12.2. The summed E-state index contributed by atoms with van der Waals surface area (Å²) in [7, 11) is -3.40. The lowest BCUT2D eigenvalue weighted by Crippen LogP contribution is -2.55. The molecule has 0 aromatic heterocycles. The fourth-order valence-electron chi connectivity index (χ4n) is 3.22. The molecule has 18 heavy (non-hydrogen) atoms. The van der Waals surface area contributed by atoms with E-state index in [9.17, 15) is 18.3 Å². The standard InChI is InChI=1S/C12H21NO4S/c1-10-8-13(18(16,17)9-10)12(11(14)15)6-4-2-3-5-7-12/h10H,2-9H2,1H3,(H,14,15). The van der Waals surface area contributed by atoms with Gasteiger partial charge in [0, 0.05) is 6.54 Å².